The highest BCUT2D eigenvalue weighted by atomic mass is 19.1. The molecule has 0 heterocycles. The summed E-state index contributed by atoms with van der Waals surface area (Å²) >= 11 is 0. The van der Waals surface area contributed by atoms with Crippen molar-refractivity contribution in [1.82, 2.24) is 10.6 Å². The van der Waals surface area contributed by atoms with Gasteiger partial charge in [-0.1, -0.05) is 13.8 Å². The Labute approximate surface area is 124 Å². The zero-order chi connectivity index (χ0) is 15.7. The molecule has 0 aliphatic heterocycles. The van der Waals surface area contributed by atoms with Gasteiger partial charge in [-0.25, -0.2) is 8.78 Å². The standard InChI is InChI=1S/C15H23F2N3O/c1-11(2)10-21-7-6-19-15(18-3)20-9-12-8-13(16)4-5-14(12)17/h4-5,8,11H,6-7,9-10H2,1-3H3,(H2,18,19,20). The largest absolute Gasteiger partial charge is 0.379 e. The molecule has 4 nitrogen and oxygen atoms in total. The van der Waals surface area contributed by atoms with Crippen molar-refractivity contribution in [3.8, 4) is 0 Å². The van der Waals surface area contributed by atoms with Gasteiger partial charge < -0.3 is 15.4 Å². The summed E-state index contributed by atoms with van der Waals surface area (Å²) < 4.78 is 31.9. The Morgan fingerprint density at radius 3 is 2.71 bits per heavy atom. The van der Waals surface area contributed by atoms with E-state index in [9.17, 15) is 8.78 Å². The lowest BCUT2D eigenvalue weighted by Crippen LogP contribution is -2.38. The minimum absolute atomic E-state index is 0.163. The van der Waals surface area contributed by atoms with Gasteiger partial charge in [0.15, 0.2) is 5.96 Å². The summed E-state index contributed by atoms with van der Waals surface area (Å²) in [5, 5.41) is 5.98. The maximum atomic E-state index is 13.5. The molecule has 0 radical (unpaired) electrons. The van der Waals surface area contributed by atoms with Gasteiger partial charge in [0.25, 0.3) is 0 Å². The molecule has 0 aromatic heterocycles. The van der Waals surface area contributed by atoms with Crippen molar-refractivity contribution in [2.24, 2.45) is 10.9 Å². The Morgan fingerprint density at radius 2 is 2.05 bits per heavy atom. The molecule has 6 heteroatoms. The Morgan fingerprint density at radius 1 is 1.29 bits per heavy atom. The Balaban J connectivity index is 2.33. The molecule has 0 spiro atoms. The first kappa shape index (κ1) is 17.4. The van der Waals surface area contributed by atoms with Crippen LogP contribution in [0, 0.1) is 17.6 Å². The monoisotopic (exact) mass is 299 g/mol. The average molecular weight is 299 g/mol. The predicted molar refractivity (Wildman–Crippen MR) is 80.2 cm³/mol. The maximum absolute atomic E-state index is 13.5. The fraction of sp³-hybridized carbons (Fsp3) is 0.533. The van der Waals surface area contributed by atoms with E-state index < -0.39 is 11.6 Å². The van der Waals surface area contributed by atoms with Crippen molar-refractivity contribution < 1.29 is 13.5 Å². The van der Waals surface area contributed by atoms with Crippen molar-refractivity contribution in [3.05, 3.63) is 35.4 Å². The van der Waals surface area contributed by atoms with Crippen LogP contribution in [0.1, 0.15) is 19.4 Å². The fourth-order valence-electron chi connectivity index (χ4n) is 1.64. The molecule has 2 N–H and O–H groups in total. The van der Waals surface area contributed by atoms with E-state index in [1.807, 2.05) is 0 Å². The first-order chi connectivity index (χ1) is 10.0. The Hall–Kier alpha value is -1.69. The summed E-state index contributed by atoms with van der Waals surface area (Å²) in [5.41, 5.74) is 0.258. The highest BCUT2D eigenvalue weighted by molar-refractivity contribution is 5.79. The first-order valence-electron chi connectivity index (χ1n) is 6.99. The van der Waals surface area contributed by atoms with Gasteiger partial charge in [-0.15, -0.1) is 0 Å². The summed E-state index contributed by atoms with van der Waals surface area (Å²) in [4.78, 5) is 4.01. The number of hydrogen-bond acceptors (Lipinski definition) is 2. The van der Waals surface area contributed by atoms with E-state index >= 15 is 0 Å². The van der Waals surface area contributed by atoms with Crippen molar-refractivity contribution in [2.75, 3.05) is 26.8 Å². The van der Waals surface area contributed by atoms with Gasteiger partial charge in [0.1, 0.15) is 11.6 Å². The highest BCUT2D eigenvalue weighted by Gasteiger charge is 2.05. The summed E-state index contributed by atoms with van der Waals surface area (Å²) in [6, 6.07) is 3.38. The van der Waals surface area contributed by atoms with Crippen LogP contribution in [-0.2, 0) is 11.3 Å². The molecule has 0 unspecified atom stereocenters. The fourth-order valence-corrected chi connectivity index (χ4v) is 1.64. The molecule has 1 aromatic carbocycles. The van der Waals surface area contributed by atoms with Crippen LogP contribution in [-0.4, -0.2) is 32.8 Å². The van der Waals surface area contributed by atoms with E-state index in [4.69, 9.17) is 4.74 Å². The molecular formula is C15H23F2N3O. The van der Waals surface area contributed by atoms with Gasteiger partial charge in [-0.3, -0.25) is 4.99 Å². The lowest BCUT2D eigenvalue weighted by Gasteiger charge is -2.13. The number of benzene rings is 1. The van der Waals surface area contributed by atoms with Crippen LogP contribution >= 0.6 is 0 Å². The zero-order valence-electron chi connectivity index (χ0n) is 12.7. The number of hydrogen-bond donors (Lipinski definition) is 2. The molecule has 0 bridgehead atoms. The van der Waals surface area contributed by atoms with Crippen LogP contribution in [0.25, 0.3) is 0 Å². The maximum Gasteiger partial charge on any atom is 0.191 e. The van der Waals surface area contributed by atoms with Crippen LogP contribution in [0.3, 0.4) is 0 Å². The van der Waals surface area contributed by atoms with Gasteiger partial charge >= 0.3 is 0 Å². The van der Waals surface area contributed by atoms with Crippen molar-refractivity contribution in [3.63, 3.8) is 0 Å². The minimum Gasteiger partial charge on any atom is -0.379 e. The average Bonchev–Trinajstić information content (AvgIpc) is 2.45. The molecule has 21 heavy (non-hydrogen) atoms. The number of nitrogens with zero attached hydrogens (tertiary/aromatic N) is 1. The van der Waals surface area contributed by atoms with Gasteiger partial charge in [0, 0.05) is 32.3 Å². The third-order valence-corrected chi connectivity index (χ3v) is 2.67. The lowest BCUT2D eigenvalue weighted by molar-refractivity contribution is 0.114. The highest BCUT2D eigenvalue weighted by Crippen LogP contribution is 2.08. The molecular weight excluding hydrogens is 276 g/mol. The predicted octanol–water partition coefficient (Wildman–Crippen LogP) is 2.30. The van der Waals surface area contributed by atoms with E-state index in [1.54, 1.807) is 7.05 Å². The van der Waals surface area contributed by atoms with Gasteiger partial charge in [-0.2, -0.15) is 0 Å². The minimum atomic E-state index is -0.460. The van der Waals surface area contributed by atoms with Crippen molar-refractivity contribution in [2.45, 2.75) is 20.4 Å². The first-order valence-corrected chi connectivity index (χ1v) is 6.99. The number of nitrogens with one attached hydrogen (secondary N) is 2. The normalized spacial score (nSPS) is 11.8. The third kappa shape index (κ3) is 7.04. The second-order valence-corrected chi connectivity index (χ2v) is 5.06. The summed E-state index contributed by atoms with van der Waals surface area (Å²) in [6.07, 6.45) is 0. The molecule has 0 fully saturated rings. The zero-order valence-corrected chi connectivity index (χ0v) is 12.7. The SMILES string of the molecule is CN=C(NCCOCC(C)C)NCc1cc(F)ccc1F. The molecule has 0 atom stereocenters. The molecule has 0 saturated heterocycles. The smallest absolute Gasteiger partial charge is 0.191 e. The van der Waals surface area contributed by atoms with Gasteiger partial charge in [0.05, 0.1) is 6.61 Å². The van der Waals surface area contributed by atoms with Gasteiger partial charge in [0.2, 0.25) is 0 Å². The quantitative estimate of drug-likeness (QED) is 0.461. The molecule has 0 aliphatic rings. The van der Waals surface area contributed by atoms with E-state index in [-0.39, 0.29) is 12.1 Å². The molecule has 0 amide bonds. The van der Waals surface area contributed by atoms with E-state index in [0.717, 1.165) is 12.1 Å². The second kappa shape index (κ2) is 9.28. The van der Waals surface area contributed by atoms with Crippen LogP contribution in [0.15, 0.2) is 23.2 Å². The number of halogens is 2. The van der Waals surface area contributed by atoms with Crippen molar-refractivity contribution in [1.29, 1.82) is 0 Å². The lowest BCUT2D eigenvalue weighted by atomic mass is 10.2. The topological polar surface area (TPSA) is 45.7 Å². The summed E-state index contributed by atoms with van der Waals surface area (Å²) in [6.45, 7) is 6.20. The van der Waals surface area contributed by atoms with Crippen molar-refractivity contribution >= 4 is 5.96 Å². The second-order valence-electron chi connectivity index (χ2n) is 5.06. The van der Waals surface area contributed by atoms with Crippen LogP contribution in [0.4, 0.5) is 8.78 Å². The molecule has 0 saturated carbocycles. The van der Waals surface area contributed by atoms with Crippen LogP contribution in [0.2, 0.25) is 0 Å². The van der Waals surface area contributed by atoms with E-state index in [2.05, 4.69) is 29.5 Å². The third-order valence-electron chi connectivity index (χ3n) is 2.67. The van der Waals surface area contributed by atoms with Crippen LogP contribution < -0.4 is 10.6 Å². The molecule has 118 valence electrons. The summed E-state index contributed by atoms with van der Waals surface area (Å²) in [7, 11) is 1.62. The van der Waals surface area contributed by atoms with Gasteiger partial charge in [-0.05, 0) is 24.1 Å². The molecule has 0 aliphatic carbocycles. The Kier molecular flexibility index (Phi) is 7.68. The Bertz CT molecular complexity index is 464. The summed E-state index contributed by atoms with van der Waals surface area (Å²) in [5.74, 6) is 0.114. The van der Waals surface area contributed by atoms with E-state index in [0.29, 0.717) is 31.6 Å². The number of aliphatic imine (C=N–C) groups is 1. The number of guanidine groups is 1. The molecule has 1 rings (SSSR count). The number of ether oxygens (including phenoxy) is 1. The van der Waals surface area contributed by atoms with E-state index in [1.165, 1.54) is 6.07 Å². The number of rotatable bonds is 7. The van der Waals surface area contributed by atoms with Crippen LogP contribution in [0.5, 0.6) is 0 Å². The molecule has 1 aromatic rings.